The predicted octanol–water partition coefficient (Wildman–Crippen LogP) is 7.34. The second-order valence-electron chi connectivity index (χ2n) is 9.39. The van der Waals surface area contributed by atoms with Crippen molar-refractivity contribution in [3.63, 3.8) is 0 Å². The highest BCUT2D eigenvalue weighted by Gasteiger charge is 2.45. The zero-order chi connectivity index (χ0) is 27.6. The number of unbranched alkanes of at least 4 members (excludes halogenated alkanes) is 1. The Morgan fingerprint density at radius 1 is 1.00 bits per heavy atom. The summed E-state index contributed by atoms with van der Waals surface area (Å²) in [5.74, 6) is -0.0284. The molecular weight excluding hydrogens is 502 g/mol. The zero-order valence-electron chi connectivity index (χ0n) is 21.8. The molecule has 0 aliphatic carbocycles. The van der Waals surface area contributed by atoms with Crippen molar-refractivity contribution < 1.29 is 27.0 Å². The van der Waals surface area contributed by atoms with Crippen molar-refractivity contribution in [3.05, 3.63) is 53.4 Å². The Hall–Kier alpha value is -3.63. The number of ether oxygens (including phenoxy) is 2. The van der Waals surface area contributed by atoms with Gasteiger partial charge in [0, 0.05) is 17.4 Å². The lowest BCUT2D eigenvalue weighted by Crippen LogP contribution is -2.26. The number of nitrogens with zero attached hydrogens (tertiary/aromatic N) is 4. The lowest BCUT2D eigenvalue weighted by atomic mass is 9.99. The van der Waals surface area contributed by atoms with Crippen molar-refractivity contribution in [2.45, 2.75) is 77.9 Å². The van der Waals surface area contributed by atoms with Crippen LogP contribution < -0.4 is 15.2 Å². The lowest BCUT2D eigenvalue weighted by Gasteiger charge is -2.09. The average Bonchev–Trinajstić information content (AvgIpc) is 3.45. The average molecular weight is 534 g/mol. The number of nitrogen functional groups attached to an aromatic ring is 1. The zero-order valence-corrected chi connectivity index (χ0v) is 21.8. The molecule has 5 rings (SSSR count). The Bertz CT molecular complexity index is 1420. The van der Waals surface area contributed by atoms with Crippen LogP contribution in [0.5, 0.6) is 11.5 Å². The molecule has 2 unspecified atom stereocenters. The van der Waals surface area contributed by atoms with Gasteiger partial charge in [-0.2, -0.15) is 4.52 Å². The van der Waals surface area contributed by atoms with Gasteiger partial charge < -0.3 is 15.2 Å². The van der Waals surface area contributed by atoms with Gasteiger partial charge in [0.1, 0.15) is 17.2 Å². The third-order valence-electron chi connectivity index (χ3n) is 6.68. The number of anilines is 1. The van der Waals surface area contributed by atoms with Crippen LogP contribution in [0.2, 0.25) is 0 Å². The first-order chi connectivity index (χ1) is 18.1. The molecular formula is C27H31F4N5O2. The summed E-state index contributed by atoms with van der Waals surface area (Å²) in [4.78, 5) is 8.84. The van der Waals surface area contributed by atoms with E-state index in [2.05, 4.69) is 38.4 Å². The molecule has 0 amide bonds. The summed E-state index contributed by atoms with van der Waals surface area (Å²) in [6.07, 6.45) is 1.23. The number of rotatable bonds is 7. The highest BCUT2D eigenvalue weighted by molar-refractivity contribution is 5.97. The normalized spacial score (nSPS) is 15.4. The summed E-state index contributed by atoms with van der Waals surface area (Å²) in [5, 5.41) is 5.04. The monoisotopic (exact) mass is 533 g/mol. The minimum absolute atomic E-state index is 0.0591. The standard InChI is InChI=1S/C17H19F2N5O2.C10H12F2/c1-3-5-6-9(4-2)14-22-15-10-7-8-11-13(26-17(18,19)25-11)12(10)21-16(20)24(15)23-14;1-3-7(2)8-4-9(11)6-10(12)5-8/h7-9H,3-6H2,1-2H3,(H2,20,21);4-7H,3H2,1-2H3. The quantitative estimate of drug-likeness (QED) is 0.250. The third-order valence-corrected chi connectivity index (χ3v) is 6.68. The number of hydrogen-bond donors (Lipinski definition) is 1. The maximum atomic E-state index is 13.4. The van der Waals surface area contributed by atoms with E-state index in [0.717, 1.165) is 43.7 Å². The molecule has 1 aliphatic rings. The molecule has 2 atom stereocenters. The maximum absolute atomic E-state index is 13.4. The van der Waals surface area contributed by atoms with Crippen LogP contribution in [-0.4, -0.2) is 25.9 Å². The SMILES string of the molecule is CCC(C)c1cc(F)cc(F)c1.CCCCC(CC)c1nc2c3ccc4c(c3nc(N)n2n1)OC(F)(F)O4. The molecule has 204 valence electrons. The van der Waals surface area contributed by atoms with Gasteiger partial charge in [0.05, 0.1) is 0 Å². The lowest BCUT2D eigenvalue weighted by molar-refractivity contribution is -0.286. The minimum atomic E-state index is -3.72. The molecule has 0 spiro atoms. The Labute approximate surface area is 218 Å². The molecule has 0 saturated heterocycles. The van der Waals surface area contributed by atoms with Gasteiger partial charge in [0.2, 0.25) is 5.95 Å². The third kappa shape index (κ3) is 5.61. The van der Waals surface area contributed by atoms with Gasteiger partial charge in [-0.25, -0.2) is 18.7 Å². The molecule has 3 heterocycles. The first-order valence-corrected chi connectivity index (χ1v) is 12.8. The molecule has 7 nitrogen and oxygen atoms in total. The van der Waals surface area contributed by atoms with Crippen molar-refractivity contribution in [3.8, 4) is 11.5 Å². The number of aromatic nitrogens is 4. The molecule has 1 aliphatic heterocycles. The van der Waals surface area contributed by atoms with E-state index >= 15 is 0 Å². The van der Waals surface area contributed by atoms with Gasteiger partial charge in [0.15, 0.2) is 23.0 Å². The van der Waals surface area contributed by atoms with Crippen molar-refractivity contribution >= 4 is 22.5 Å². The van der Waals surface area contributed by atoms with E-state index in [-0.39, 0.29) is 34.8 Å². The molecule has 2 N–H and O–H groups in total. The molecule has 0 saturated carbocycles. The van der Waals surface area contributed by atoms with Crippen molar-refractivity contribution in [2.24, 2.45) is 0 Å². The second-order valence-corrected chi connectivity index (χ2v) is 9.39. The van der Waals surface area contributed by atoms with Gasteiger partial charge >= 0.3 is 6.29 Å². The summed E-state index contributed by atoms with van der Waals surface area (Å²) in [6, 6.07) is 6.70. The van der Waals surface area contributed by atoms with E-state index in [9.17, 15) is 17.6 Å². The van der Waals surface area contributed by atoms with Gasteiger partial charge in [-0.3, -0.25) is 0 Å². The van der Waals surface area contributed by atoms with Gasteiger partial charge in [-0.05, 0) is 55.0 Å². The topological polar surface area (TPSA) is 87.6 Å². The van der Waals surface area contributed by atoms with E-state index in [1.165, 1.54) is 22.7 Å². The Balaban J connectivity index is 0.000000236. The number of benzene rings is 2. The number of fused-ring (bicyclic) bond motifs is 5. The van der Waals surface area contributed by atoms with E-state index in [1.54, 1.807) is 6.07 Å². The molecule has 0 bridgehead atoms. The highest BCUT2D eigenvalue weighted by atomic mass is 19.3. The number of alkyl halides is 2. The summed E-state index contributed by atoms with van der Waals surface area (Å²) < 4.78 is 62.7. The van der Waals surface area contributed by atoms with Crippen LogP contribution in [0.3, 0.4) is 0 Å². The fourth-order valence-corrected chi connectivity index (χ4v) is 4.35. The molecule has 0 radical (unpaired) electrons. The number of halogens is 4. The summed E-state index contributed by atoms with van der Waals surface area (Å²) in [6.45, 7) is 8.17. The van der Waals surface area contributed by atoms with Crippen molar-refractivity contribution in [1.82, 2.24) is 19.6 Å². The van der Waals surface area contributed by atoms with E-state index < -0.39 is 17.9 Å². The number of nitrogens with two attached hydrogens (primary N) is 1. The Morgan fingerprint density at radius 2 is 1.71 bits per heavy atom. The van der Waals surface area contributed by atoms with Crippen LogP contribution in [0.25, 0.3) is 16.6 Å². The van der Waals surface area contributed by atoms with Gasteiger partial charge in [-0.15, -0.1) is 13.9 Å². The maximum Gasteiger partial charge on any atom is 0.586 e. The molecule has 11 heteroatoms. The first kappa shape index (κ1) is 27.4. The summed E-state index contributed by atoms with van der Waals surface area (Å²) >= 11 is 0. The van der Waals surface area contributed by atoms with Crippen LogP contribution in [0.15, 0.2) is 30.3 Å². The Morgan fingerprint density at radius 3 is 2.34 bits per heavy atom. The number of hydrogen-bond acceptors (Lipinski definition) is 6. The van der Waals surface area contributed by atoms with Crippen molar-refractivity contribution in [1.29, 1.82) is 0 Å². The van der Waals surface area contributed by atoms with E-state index in [1.807, 2.05) is 13.8 Å². The van der Waals surface area contributed by atoms with Crippen LogP contribution in [-0.2, 0) is 0 Å². The van der Waals surface area contributed by atoms with Crippen molar-refractivity contribution in [2.75, 3.05) is 5.73 Å². The molecule has 0 fully saturated rings. The van der Waals surface area contributed by atoms with Crippen LogP contribution >= 0.6 is 0 Å². The molecule has 2 aromatic heterocycles. The largest absolute Gasteiger partial charge is 0.586 e. The summed E-state index contributed by atoms with van der Waals surface area (Å²) in [7, 11) is 0. The van der Waals surface area contributed by atoms with Gasteiger partial charge in [0.25, 0.3) is 0 Å². The fourth-order valence-electron chi connectivity index (χ4n) is 4.35. The highest BCUT2D eigenvalue weighted by Crippen LogP contribution is 2.45. The molecule has 38 heavy (non-hydrogen) atoms. The smallest absolute Gasteiger partial charge is 0.395 e. The van der Waals surface area contributed by atoms with Gasteiger partial charge in [-0.1, -0.05) is 40.5 Å². The Kier molecular flexibility index (Phi) is 7.94. The van der Waals surface area contributed by atoms with E-state index in [0.29, 0.717) is 16.9 Å². The molecule has 2 aromatic carbocycles. The van der Waals surface area contributed by atoms with E-state index in [4.69, 9.17) is 5.73 Å². The van der Waals surface area contributed by atoms with Crippen LogP contribution in [0.1, 0.15) is 83.0 Å². The predicted molar refractivity (Wildman–Crippen MR) is 137 cm³/mol. The first-order valence-electron chi connectivity index (χ1n) is 12.8. The summed E-state index contributed by atoms with van der Waals surface area (Å²) in [5.41, 5.74) is 7.39. The molecule has 4 aromatic rings. The van der Waals surface area contributed by atoms with Crippen LogP contribution in [0, 0.1) is 11.6 Å². The van der Waals surface area contributed by atoms with Crippen LogP contribution in [0.4, 0.5) is 23.5 Å². The minimum Gasteiger partial charge on any atom is -0.395 e. The fraction of sp³-hybridized carbons (Fsp3) is 0.444. The second kappa shape index (κ2) is 11.0.